The SMILES string of the molecule is CCc1cccc2c1OC(F)(F)C(=O)N2Cc1ncc2ccccc2n1. The highest BCUT2D eigenvalue weighted by atomic mass is 19.3. The quantitative estimate of drug-likeness (QED) is 0.719. The number of alkyl halides is 2. The first-order valence-electron chi connectivity index (χ1n) is 8.21. The van der Waals surface area contributed by atoms with Gasteiger partial charge in [-0.25, -0.2) is 9.97 Å². The lowest BCUT2D eigenvalue weighted by Crippen LogP contribution is -2.50. The number of aromatic nitrogens is 2. The summed E-state index contributed by atoms with van der Waals surface area (Å²) in [4.78, 5) is 21.8. The number of amides is 1. The molecule has 0 spiro atoms. The van der Waals surface area contributed by atoms with Crippen LogP contribution < -0.4 is 9.64 Å². The molecule has 132 valence electrons. The lowest BCUT2D eigenvalue weighted by molar-refractivity contribution is -0.193. The van der Waals surface area contributed by atoms with Gasteiger partial charge in [-0.05, 0) is 24.1 Å². The largest absolute Gasteiger partial charge is 0.483 e. The second-order valence-electron chi connectivity index (χ2n) is 5.97. The van der Waals surface area contributed by atoms with Crippen molar-refractivity contribution in [1.29, 1.82) is 0 Å². The van der Waals surface area contributed by atoms with Gasteiger partial charge in [-0.3, -0.25) is 9.69 Å². The topological polar surface area (TPSA) is 55.3 Å². The molecule has 3 aromatic rings. The maximum Gasteiger partial charge on any atom is 0.483 e. The summed E-state index contributed by atoms with van der Waals surface area (Å²) in [7, 11) is 0. The van der Waals surface area contributed by atoms with Crippen LogP contribution in [0.5, 0.6) is 5.75 Å². The van der Waals surface area contributed by atoms with Crippen molar-refractivity contribution in [3.63, 3.8) is 0 Å². The van der Waals surface area contributed by atoms with E-state index in [0.29, 0.717) is 23.2 Å². The van der Waals surface area contributed by atoms with Crippen LogP contribution in [-0.4, -0.2) is 22.0 Å². The molecule has 1 aromatic heterocycles. The normalized spacial score (nSPS) is 15.7. The molecule has 0 N–H and O–H groups in total. The fourth-order valence-electron chi connectivity index (χ4n) is 3.00. The number of aryl methyl sites for hydroxylation is 1. The molecule has 1 aliphatic rings. The van der Waals surface area contributed by atoms with Gasteiger partial charge in [-0.2, -0.15) is 8.78 Å². The fourth-order valence-corrected chi connectivity index (χ4v) is 3.00. The van der Waals surface area contributed by atoms with Gasteiger partial charge in [0, 0.05) is 11.6 Å². The van der Waals surface area contributed by atoms with Crippen molar-refractivity contribution in [2.45, 2.75) is 26.0 Å². The zero-order valence-electron chi connectivity index (χ0n) is 13.9. The van der Waals surface area contributed by atoms with E-state index in [1.807, 2.05) is 25.1 Å². The first-order valence-corrected chi connectivity index (χ1v) is 8.21. The highest BCUT2D eigenvalue weighted by Gasteiger charge is 2.51. The first kappa shape index (κ1) is 16.4. The third kappa shape index (κ3) is 2.65. The summed E-state index contributed by atoms with van der Waals surface area (Å²) in [6.45, 7) is 1.67. The van der Waals surface area contributed by atoms with Crippen LogP contribution in [0.4, 0.5) is 14.5 Å². The molecule has 0 saturated heterocycles. The number of carbonyl (C=O) groups is 1. The Morgan fingerprint density at radius 2 is 1.96 bits per heavy atom. The van der Waals surface area contributed by atoms with E-state index in [1.54, 1.807) is 30.5 Å². The van der Waals surface area contributed by atoms with Gasteiger partial charge in [-0.15, -0.1) is 0 Å². The molecule has 0 atom stereocenters. The van der Waals surface area contributed by atoms with Gasteiger partial charge in [-0.1, -0.05) is 37.3 Å². The number of rotatable bonds is 3. The standard InChI is InChI=1S/C19H15F2N3O2/c1-2-12-7-5-9-15-17(12)26-19(20,21)18(25)24(15)11-16-22-10-13-6-3-4-8-14(13)23-16/h3-10H,2,11H2,1H3. The van der Waals surface area contributed by atoms with Crippen LogP contribution in [0.3, 0.4) is 0 Å². The van der Waals surface area contributed by atoms with E-state index in [1.165, 1.54) is 0 Å². The minimum atomic E-state index is -3.92. The predicted molar refractivity (Wildman–Crippen MR) is 92.1 cm³/mol. The molecule has 0 radical (unpaired) electrons. The predicted octanol–water partition coefficient (Wildman–Crippen LogP) is 3.71. The van der Waals surface area contributed by atoms with Crippen molar-refractivity contribution in [3.05, 3.63) is 60.0 Å². The molecule has 0 unspecified atom stereocenters. The molecular formula is C19H15F2N3O2. The number of nitrogens with zero attached hydrogens (tertiary/aromatic N) is 3. The number of anilines is 1. The molecule has 2 aromatic carbocycles. The molecule has 0 aliphatic carbocycles. The van der Waals surface area contributed by atoms with Crippen molar-refractivity contribution >= 4 is 22.5 Å². The number of ether oxygens (including phenoxy) is 1. The zero-order valence-corrected chi connectivity index (χ0v) is 13.9. The number of halogens is 2. The highest BCUT2D eigenvalue weighted by Crippen LogP contribution is 2.42. The van der Waals surface area contributed by atoms with Gasteiger partial charge in [0.15, 0.2) is 5.75 Å². The molecule has 0 fully saturated rings. The van der Waals surface area contributed by atoms with E-state index in [4.69, 9.17) is 4.74 Å². The Morgan fingerprint density at radius 1 is 1.15 bits per heavy atom. The third-order valence-corrected chi connectivity index (χ3v) is 4.31. The molecule has 0 bridgehead atoms. The van der Waals surface area contributed by atoms with E-state index in [0.717, 1.165) is 10.3 Å². The lowest BCUT2D eigenvalue weighted by atomic mass is 10.1. The molecule has 1 aliphatic heterocycles. The minimum Gasteiger partial charge on any atom is -0.423 e. The van der Waals surface area contributed by atoms with Crippen LogP contribution in [0.2, 0.25) is 0 Å². The minimum absolute atomic E-state index is 0.0281. The number of hydrogen-bond acceptors (Lipinski definition) is 4. The number of benzene rings is 2. The Kier molecular flexibility index (Phi) is 3.79. The number of hydrogen-bond donors (Lipinski definition) is 0. The second kappa shape index (κ2) is 6.01. The van der Waals surface area contributed by atoms with Crippen molar-refractivity contribution in [1.82, 2.24) is 9.97 Å². The Bertz CT molecular complexity index is 1010. The Morgan fingerprint density at radius 3 is 2.77 bits per heavy atom. The van der Waals surface area contributed by atoms with Gasteiger partial charge in [0.05, 0.1) is 17.7 Å². The number of para-hydroxylation sites is 2. The zero-order chi connectivity index (χ0) is 18.3. The average Bonchev–Trinajstić information content (AvgIpc) is 2.64. The molecule has 1 amide bonds. The van der Waals surface area contributed by atoms with E-state index < -0.39 is 12.0 Å². The molecule has 2 heterocycles. The summed E-state index contributed by atoms with van der Waals surface area (Å²) >= 11 is 0. The lowest BCUT2D eigenvalue weighted by Gasteiger charge is -2.34. The van der Waals surface area contributed by atoms with Crippen molar-refractivity contribution < 1.29 is 18.3 Å². The first-order chi connectivity index (χ1) is 12.5. The van der Waals surface area contributed by atoms with Crippen LogP contribution in [0, 0.1) is 0 Å². The van der Waals surface area contributed by atoms with E-state index in [2.05, 4.69) is 9.97 Å². The molecule has 7 heteroatoms. The molecule has 0 saturated carbocycles. The van der Waals surface area contributed by atoms with E-state index in [-0.39, 0.29) is 18.1 Å². The Labute approximate surface area is 148 Å². The molecule has 4 rings (SSSR count). The summed E-state index contributed by atoms with van der Waals surface area (Å²) < 4.78 is 33.0. The number of fused-ring (bicyclic) bond motifs is 2. The van der Waals surface area contributed by atoms with Crippen LogP contribution in [0.15, 0.2) is 48.7 Å². The fraction of sp³-hybridized carbons (Fsp3) is 0.211. The Hall–Kier alpha value is -3.09. The highest BCUT2D eigenvalue weighted by molar-refractivity contribution is 6.01. The van der Waals surface area contributed by atoms with Gasteiger partial charge >= 0.3 is 12.0 Å². The summed E-state index contributed by atoms with van der Waals surface area (Å²) in [6.07, 6.45) is -1.80. The molecule has 5 nitrogen and oxygen atoms in total. The second-order valence-corrected chi connectivity index (χ2v) is 5.97. The van der Waals surface area contributed by atoms with Crippen molar-refractivity contribution in [2.75, 3.05) is 4.90 Å². The summed E-state index contributed by atoms with van der Waals surface area (Å²) in [5.74, 6) is -1.11. The van der Waals surface area contributed by atoms with E-state index >= 15 is 0 Å². The summed E-state index contributed by atoms with van der Waals surface area (Å²) in [6, 6.07) is 12.4. The molecule has 26 heavy (non-hydrogen) atoms. The van der Waals surface area contributed by atoms with E-state index in [9.17, 15) is 13.6 Å². The number of carbonyl (C=O) groups excluding carboxylic acids is 1. The van der Waals surface area contributed by atoms with Crippen molar-refractivity contribution in [3.8, 4) is 5.75 Å². The van der Waals surface area contributed by atoms with Gasteiger partial charge in [0.2, 0.25) is 0 Å². The smallest absolute Gasteiger partial charge is 0.423 e. The summed E-state index contributed by atoms with van der Waals surface area (Å²) in [5.41, 5.74) is 1.60. The van der Waals surface area contributed by atoms with Gasteiger partial charge in [0.25, 0.3) is 0 Å². The van der Waals surface area contributed by atoms with Gasteiger partial charge < -0.3 is 4.74 Å². The monoisotopic (exact) mass is 355 g/mol. The van der Waals surface area contributed by atoms with Crippen LogP contribution >= 0.6 is 0 Å². The average molecular weight is 355 g/mol. The molecular weight excluding hydrogens is 340 g/mol. The van der Waals surface area contributed by atoms with Crippen LogP contribution in [-0.2, 0) is 17.8 Å². The van der Waals surface area contributed by atoms with Crippen LogP contribution in [0.1, 0.15) is 18.3 Å². The van der Waals surface area contributed by atoms with Gasteiger partial charge in [0.1, 0.15) is 5.82 Å². The summed E-state index contributed by atoms with van der Waals surface area (Å²) in [5, 5.41) is 0.837. The Balaban J connectivity index is 1.78. The van der Waals surface area contributed by atoms with Crippen molar-refractivity contribution in [2.24, 2.45) is 0 Å². The maximum atomic E-state index is 14.1. The third-order valence-electron chi connectivity index (χ3n) is 4.31. The van der Waals surface area contributed by atoms with Crippen LogP contribution in [0.25, 0.3) is 10.9 Å². The maximum absolute atomic E-state index is 14.1.